The summed E-state index contributed by atoms with van der Waals surface area (Å²) in [7, 11) is 0. The normalized spacial score (nSPS) is 16.0. The van der Waals surface area contributed by atoms with Crippen molar-refractivity contribution in [2.45, 2.75) is 32.5 Å². The molecule has 0 saturated carbocycles. The van der Waals surface area contributed by atoms with Gasteiger partial charge < -0.3 is 10.8 Å². The number of rotatable bonds is 3. The molecule has 0 saturated heterocycles. The molecule has 1 aromatic heterocycles. The highest BCUT2D eigenvalue weighted by Crippen LogP contribution is 2.11. The van der Waals surface area contributed by atoms with Gasteiger partial charge in [0.15, 0.2) is 5.82 Å². The number of hydrogen-bond acceptors (Lipinski definition) is 4. The van der Waals surface area contributed by atoms with Crippen molar-refractivity contribution in [1.29, 1.82) is 0 Å². The van der Waals surface area contributed by atoms with Crippen molar-refractivity contribution >= 4 is 0 Å². The lowest BCUT2D eigenvalue weighted by molar-refractivity contribution is 0.138. The smallest absolute Gasteiger partial charge is 0.157 e. The first-order valence-corrected chi connectivity index (χ1v) is 3.98. The van der Waals surface area contributed by atoms with Crippen LogP contribution in [-0.2, 0) is 6.54 Å². The fourth-order valence-corrected chi connectivity index (χ4v) is 0.981. The first kappa shape index (κ1) is 9.15. The van der Waals surface area contributed by atoms with E-state index in [2.05, 4.69) is 10.1 Å². The molecule has 0 amide bonds. The van der Waals surface area contributed by atoms with Crippen LogP contribution in [-0.4, -0.2) is 25.9 Å². The van der Waals surface area contributed by atoms with E-state index in [1.807, 2.05) is 6.92 Å². The highest BCUT2D eigenvalue weighted by atomic mass is 16.3. The largest absolute Gasteiger partial charge is 0.383 e. The zero-order valence-electron chi connectivity index (χ0n) is 7.31. The SMILES string of the molecule is CCn1ncnc1C(O)C(C)N. The second kappa shape index (κ2) is 3.64. The van der Waals surface area contributed by atoms with Gasteiger partial charge in [0.1, 0.15) is 12.4 Å². The lowest BCUT2D eigenvalue weighted by Gasteiger charge is -2.13. The molecule has 68 valence electrons. The Bertz CT molecular complexity index is 245. The highest BCUT2D eigenvalue weighted by molar-refractivity contribution is 4.93. The Morgan fingerprint density at radius 3 is 2.92 bits per heavy atom. The highest BCUT2D eigenvalue weighted by Gasteiger charge is 2.17. The van der Waals surface area contributed by atoms with Gasteiger partial charge in [0.05, 0.1) is 0 Å². The van der Waals surface area contributed by atoms with E-state index in [9.17, 15) is 5.11 Å². The summed E-state index contributed by atoms with van der Waals surface area (Å²) in [6, 6.07) is -0.320. The monoisotopic (exact) mass is 170 g/mol. The van der Waals surface area contributed by atoms with Crippen LogP contribution >= 0.6 is 0 Å². The van der Waals surface area contributed by atoms with E-state index in [-0.39, 0.29) is 6.04 Å². The zero-order chi connectivity index (χ0) is 9.14. The minimum Gasteiger partial charge on any atom is -0.383 e. The van der Waals surface area contributed by atoms with Crippen molar-refractivity contribution in [2.75, 3.05) is 0 Å². The van der Waals surface area contributed by atoms with Crippen LogP contribution in [0.1, 0.15) is 25.8 Å². The predicted molar refractivity (Wildman–Crippen MR) is 44.3 cm³/mol. The molecule has 12 heavy (non-hydrogen) atoms. The molecule has 1 rings (SSSR count). The first-order valence-electron chi connectivity index (χ1n) is 3.98. The average Bonchev–Trinajstić information content (AvgIpc) is 2.49. The van der Waals surface area contributed by atoms with Crippen molar-refractivity contribution in [1.82, 2.24) is 14.8 Å². The van der Waals surface area contributed by atoms with Crippen LogP contribution in [0.5, 0.6) is 0 Å². The maximum absolute atomic E-state index is 9.55. The van der Waals surface area contributed by atoms with Crippen LogP contribution in [0.15, 0.2) is 6.33 Å². The first-order chi connectivity index (χ1) is 5.66. The third kappa shape index (κ3) is 1.62. The van der Waals surface area contributed by atoms with Gasteiger partial charge in [-0.05, 0) is 13.8 Å². The number of aliphatic hydroxyl groups excluding tert-OH is 1. The van der Waals surface area contributed by atoms with Crippen LogP contribution in [0.25, 0.3) is 0 Å². The lowest BCUT2D eigenvalue weighted by atomic mass is 10.2. The molecule has 0 aliphatic carbocycles. The van der Waals surface area contributed by atoms with Crippen LogP contribution in [0.3, 0.4) is 0 Å². The molecule has 2 atom stereocenters. The Morgan fingerprint density at radius 1 is 1.75 bits per heavy atom. The van der Waals surface area contributed by atoms with Crippen LogP contribution < -0.4 is 5.73 Å². The fraction of sp³-hybridized carbons (Fsp3) is 0.714. The van der Waals surface area contributed by atoms with E-state index < -0.39 is 6.10 Å². The van der Waals surface area contributed by atoms with Gasteiger partial charge in [-0.2, -0.15) is 5.10 Å². The summed E-state index contributed by atoms with van der Waals surface area (Å²) in [4.78, 5) is 3.93. The molecule has 1 aromatic rings. The maximum Gasteiger partial charge on any atom is 0.157 e. The minimum atomic E-state index is -0.729. The van der Waals surface area contributed by atoms with E-state index in [0.717, 1.165) is 0 Å². The number of aliphatic hydroxyl groups is 1. The number of hydrogen-bond donors (Lipinski definition) is 2. The van der Waals surface area contributed by atoms with Gasteiger partial charge in [0.2, 0.25) is 0 Å². The van der Waals surface area contributed by atoms with Crippen molar-refractivity contribution in [3.63, 3.8) is 0 Å². The Labute approximate surface area is 71.2 Å². The van der Waals surface area contributed by atoms with Gasteiger partial charge in [-0.25, -0.2) is 9.67 Å². The summed E-state index contributed by atoms with van der Waals surface area (Å²) in [6.07, 6.45) is 0.692. The summed E-state index contributed by atoms with van der Waals surface area (Å²) in [5.74, 6) is 0.535. The van der Waals surface area contributed by atoms with E-state index in [1.54, 1.807) is 11.6 Å². The molecule has 3 N–H and O–H groups in total. The Morgan fingerprint density at radius 2 is 2.42 bits per heavy atom. The van der Waals surface area contributed by atoms with Gasteiger partial charge in [0, 0.05) is 12.6 Å². The van der Waals surface area contributed by atoms with E-state index in [1.165, 1.54) is 6.33 Å². The predicted octanol–water partition coefficient (Wildman–Crippen LogP) is -0.321. The van der Waals surface area contributed by atoms with Gasteiger partial charge >= 0.3 is 0 Å². The summed E-state index contributed by atoms with van der Waals surface area (Å²) >= 11 is 0. The fourth-order valence-electron chi connectivity index (χ4n) is 0.981. The molecular weight excluding hydrogens is 156 g/mol. The summed E-state index contributed by atoms with van der Waals surface area (Å²) in [6.45, 7) is 4.37. The molecule has 1 heterocycles. The molecule has 0 fully saturated rings. The van der Waals surface area contributed by atoms with Crippen molar-refractivity contribution in [3.05, 3.63) is 12.2 Å². The topological polar surface area (TPSA) is 77.0 Å². The third-order valence-corrected chi connectivity index (χ3v) is 1.71. The molecule has 0 spiro atoms. The van der Waals surface area contributed by atoms with Gasteiger partial charge in [-0.1, -0.05) is 0 Å². The third-order valence-electron chi connectivity index (χ3n) is 1.71. The van der Waals surface area contributed by atoms with Gasteiger partial charge in [0.25, 0.3) is 0 Å². The average molecular weight is 170 g/mol. The molecule has 0 radical (unpaired) electrons. The van der Waals surface area contributed by atoms with Crippen LogP contribution in [0.2, 0.25) is 0 Å². The van der Waals surface area contributed by atoms with Gasteiger partial charge in [-0.3, -0.25) is 0 Å². The van der Waals surface area contributed by atoms with Gasteiger partial charge in [-0.15, -0.1) is 0 Å². The molecule has 0 bridgehead atoms. The molecule has 2 unspecified atom stereocenters. The quantitative estimate of drug-likeness (QED) is 0.651. The number of nitrogens with zero attached hydrogens (tertiary/aromatic N) is 3. The maximum atomic E-state index is 9.55. The Hall–Kier alpha value is -0.940. The number of aromatic nitrogens is 3. The van der Waals surface area contributed by atoms with E-state index in [0.29, 0.717) is 12.4 Å². The summed E-state index contributed by atoms with van der Waals surface area (Å²) in [5.41, 5.74) is 5.52. The summed E-state index contributed by atoms with van der Waals surface area (Å²) < 4.78 is 1.63. The van der Waals surface area contributed by atoms with Crippen molar-refractivity contribution in [2.24, 2.45) is 5.73 Å². The zero-order valence-corrected chi connectivity index (χ0v) is 7.31. The number of nitrogens with two attached hydrogens (primary N) is 1. The molecular formula is C7H14N4O. The van der Waals surface area contributed by atoms with E-state index >= 15 is 0 Å². The second-order valence-corrected chi connectivity index (χ2v) is 2.74. The minimum absolute atomic E-state index is 0.320. The summed E-state index contributed by atoms with van der Waals surface area (Å²) in [5, 5.41) is 13.5. The standard InChI is InChI=1S/C7H14N4O/c1-3-11-7(9-4-10-11)6(12)5(2)8/h4-6,12H,3,8H2,1-2H3. The molecule has 0 aromatic carbocycles. The molecule has 5 nitrogen and oxygen atoms in total. The van der Waals surface area contributed by atoms with Crippen molar-refractivity contribution in [3.8, 4) is 0 Å². The van der Waals surface area contributed by atoms with Crippen molar-refractivity contribution < 1.29 is 5.11 Å². The molecule has 5 heteroatoms. The lowest BCUT2D eigenvalue weighted by Crippen LogP contribution is -2.27. The number of aryl methyl sites for hydroxylation is 1. The van der Waals surface area contributed by atoms with Crippen LogP contribution in [0.4, 0.5) is 0 Å². The Balaban J connectivity index is 2.86. The molecule has 0 aliphatic heterocycles. The van der Waals surface area contributed by atoms with E-state index in [4.69, 9.17) is 5.73 Å². The Kier molecular flexibility index (Phi) is 2.78. The second-order valence-electron chi connectivity index (χ2n) is 2.74. The molecule has 0 aliphatic rings. The van der Waals surface area contributed by atoms with Crippen LogP contribution in [0, 0.1) is 0 Å².